The van der Waals surface area contributed by atoms with E-state index in [0.29, 0.717) is 5.54 Å². The smallest absolute Gasteiger partial charge is 0.0209 e. The number of hydrogen-bond donors (Lipinski definition) is 1. The summed E-state index contributed by atoms with van der Waals surface area (Å²) in [4.78, 5) is 0. The van der Waals surface area contributed by atoms with Crippen molar-refractivity contribution in [2.75, 3.05) is 6.54 Å². The number of unbranched alkanes of at least 4 members (excludes halogenated alkanes) is 3. The minimum absolute atomic E-state index is 0.574. The van der Waals surface area contributed by atoms with Crippen molar-refractivity contribution in [2.45, 2.75) is 83.1 Å². The lowest BCUT2D eigenvalue weighted by molar-refractivity contribution is 0.245. The second kappa shape index (κ2) is 6.05. The molecule has 1 atom stereocenters. The molecule has 94 valence electrons. The van der Waals surface area contributed by atoms with Crippen LogP contribution in [0.3, 0.4) is 0 Å². The molecule has 0 amide bonds. The van der Waals surface area contributed by atoms with E-state index in [9.17, 15) is 0 Å². The van der Waals surface area contributed by atoms with Crippen molar-refractivity contribution in [3.63, 3.8) is 0 Å². The summed E-state index contributed by atoms with van der Waals surface area (Å²) >= 11 is 0. The van der Waals surface area contributed by atoms with Gasteiger partial charge in [0.15, 0.2) is 0 Å². The van der Waals surface area contributed by atoms with Gasteiger partial charge in [-0.2, -0.15) is 0 Å². The van der Waals surface area contributed by atoms with Crippen LogP contribution >= 0.6 is 0 Å². The maximum absolute atomic E-state index is 3.93. The molecule has 1 heterocycles. The molecule has 1 nitrogen and oxygen atoms in total. The molecule has 0 aromatic heterocycles. The second-order valence-corrected chi connectivity index (χ2v) is 5.98. The van der Waals surface area contributed by atoms with Crippen LogP contribution in [-0.2, 0) is 0 Å². The fourth-order valence-corrected chi connectivity index (χ4v) is 3.44. The van der Waals surface area contributed by atoms with Crippen LogP contribution in [0.2, 0.25) is 0 Å². The Labute approximate surface area is 101 Å². The van der Waals surface area contributed by atoms with E-state index in [4.69, 9.17) is 0 Å². The largest absolute Gasteiger partial charge is 0.311 e. The topological polar surface area (TPSA) is 12.0 Å². The Kier molecular flexibility index (Phi) is 4.69. The standard InChI is InChI=1S/C15H29N/c1-2-3-4-6-11-15(14-9-10-14)12-7-5-8-13-16-15/h14,16H,2-13H2,1H3. The molecular weight excluding hydrogens is 194 g/mol. The lowest BCUT2D eigenvalue weighted by Gasteiger charge is -2.34. The molecule has 1 aliphatic heterocycles. The van der Waals surface area contributed by atoms with Crippen LogP contribution in [0.25, 0.3) is 0 Å². The highest BCUT2D eigenvalue weighted by Gasteiger charge is 2.44. The summed E-state index contributed by atoms with van der Waals surface area (Å²) in [6.07, 6.45) is 16.0. The van der Waals surface area contributed by atoms with Crippen molar-refractivity contribution in [3.05, 3.63) is 0 Å². The van der Waals surface area contributed by atoms with Crippen molar-refractivity contribution in [3.8, 4) is 0 Å². The van der Waals surface area contributed by atoms with Crippen LogP contribution in [0.1, 0.15) is 77.6 Å². The molecule has 0 aromatic carbocycles. The molecule has 1 aliphatic carbocycles. The Morgan fingerprint density at radius 2 is 1.94 bits per heavy atom. The predicted octanol–water partition coefficient (Wildman–Crippen LogP) is 4.27. The third-order valence-electron chi connectivity index (χ3n) is 4.61. The number of nitrogens with one attached hydrogen (secondary N) is 1. The SMILES string of the molecule is CCCCCCC1(C2CC2)CCCCCN1. The molecule has 1 N–H and O–H groups in total. The molecule has 0 aromatic rings. The minimum atomic E-state index is 0.574. The maximum atomic E-state index is 3.93. The molecule has 1 unspecified atom stereocenters. The third kappa shape index (κ3) is 3.23. The monoisotopic (exact) mass is 223 g/mol. The Bertz CT molecular complexity index is 188. The van der Waals surface area contributed by atoms with Gasteiger partial charge in [0.25, 0.3) is 0 Å². The zero-order valence-electron chi connectivity index (χ0n) is 11.1. The van der Waals surface area contributed by atoms with E-state index >= 15 is 0 Å². The van der Waals surface area contributed by atoms with Crippen LogP contribution in [0.4, 0.5) is 0 Å². The summed E-state index contributed by atoms with van der Waals surface area (Å²) in [5.74, 6) is 1.03. The summed E-state index contributed by atoms with van der Waals surface area (Å²) in [5, 5.41) is 3.93. The van der Waals surface area contributed by atoms with E-state index in [-0.39, 0.29) is 0 Å². The average Bonchev–Trinajstić information content (AvgIpc) is 3.10. The van der Waals surface area contributed by atoms with Gasteiger partial charge in [-0.3, -0.25) is 0 Å². The van der Waals surface area contributed by atoms with Crippen molar-refractivity contribution in [2.24, 2.45) is 5.92 Å². The molecule has 2 fully saturated rings. The summed E-state index contributed by atoms with van der Waals surface area (Å²) in [6.45, 7) is 3.59. The highest BCUT2D eigenvalue weighted by atomic mass is 15.0. The van der Waals surface area contributed by atoms with E-state index in [1.807, 2.05) is 0 Å². The Morgan fingerprint density at radius 1 is 1.06 bits per heavy atom. The first-order valence-corrected chi connectivity index (χ1v) is 7.62. The van der Waals surface area contributed by atoms with Gasteiger partial charge in [-0.25, -0.2) is 0 Å². The van der Waals surface area contributed by atoms with Gasteiger partial charge in [0, 0.05) is 5.54 Å². The van der Waals surface area contributed by atoms with E-state index in [0.717, 1.165) is 5.92 Å². The van der Waals surface area contributed by atoms with Gasteiger partial charge in [0.2, 0.25) is 0 Å². The fourth-order valence-electron chi connectivity index (χ4n) is 3.44. The van der Waals surface area contributed by atoms with Crippen molar-refractivity contribution < 1.29 is 0 Å². The first-order valence-electron chi connectivity index (χ1n) is 7.62. The van der Waals surface area contributed by atoms with Crippen LogP contribution in [0.5, 0.6) is 0 Å². The molecule has 0 bridgehead atoms. The van der Waals surface area contributed by atoms with Gasteiger partial charge in [-0.15, -0.1) is 0 Å². The maximum Gasteiger partial charge on any atom is 0.0209 e. The molecule has 2 aliphatic rings. The first-order chi connectivity index (χ1) is 7.87. The molecule has 0 radical (unpaired) electrons. The highest BCUT2D eigenvalue weighted by molar-refractivity contribution is 5.01. The van der Waals surface area contributed by atoms with E-state index < -0.39 is 0 Å². The van der Waals surface area contributed by atoms with Gasteiger partial charge in [0.1, 0.15) is 0 Å². The Morgan fingerprint density at radius 3 is 2.69 bits per heavy atom. The molecule has 1 heteroatoms. The molecule has 2 rings (SSSR count). The van der Waals surface area contributed by atoms with Crippen molar-refractivity contribution in [1.29, 1.82) is 0 Å². The van der Waals surface area contributed by atoms with Gasteiger partial charge in [0.05, 0.1) is 0 Å². The second-order valence-electron chi connectivity index (χ2n) is 5.98. The van der Waals surface area contributed by atoms with Gasteiger partial charge < -0.3 is 5.32 Å². The van der Waals surface area contributed by atoms with Gasteiger partial charge in [-0.05, 0) is 44.6 Å². The predicted molar refractivity (Wildman–Crippen MR) is 70.7 cm³/mol. The van der Waals surface area contributed by atoms with Crippen LogP contribution < -0.4 is 5.32 Å². The van der Waals surface area contributed by atoms with E-state index in [2.05, 4.69) is 12.2 Å². The third-order valence-corrected chi connectivity index (χ3v) is 4.61. The summed E-state index contributed by atoms with van der Waals surface area (Å²) < 4.78 is 0. The average molecular weight is 223 g/mol. The Hall–Kier alpha value is -0.0400. The normalized spacial score (nSPS) is 31.3. The van der Waals surface area contributed by atoms with E-state index in [1.165, 1.54) is 77.2 Å². The molecule has 1 saturated carbocycles. The molecule has 1 saturated heterocycles. The Balaban J connectivity index is 1.82. The van der Waals surface area contributed by atoms with Gasteiger partial charge >= 0.3 is 0 Å². The van der Waals surface area contributed by atoms with Crippen LogP contribution in [0, 0.1) is 5.92 Å². The summed E-state index contributed by atoms with van der Waals surface area (Å²) in [7, 11) is 0. The highest BCUT2D eigenvalue weighted by Crippen LogP contribution is 2.45. The van der Waals surface area contributed by atoms with Crippen molar-refractivity contribution >= 4 is 0 Å². The zero-order valence-corrected chi connectivity index (χ0v) is 11.1. The lowest BCUT2D eigenvalue weighted by Crippen LogP contribution is -2.46. The van der Waals surface area contributed by atoms with E-state index in [1.54, 1.807) is 0 Å². The minimum Gasteiger partial charge on any atom is -0.311 e. The molecule has 0 spiro atoms. The molecular formula is C15H29N. The number of hydrogen-bond acceptors (Lipinski definition) is 1. The van der Waals surface area contributed by atoms with Gasteiger partial charge in [-0.1, -0.05) is 45.4 Å². The molecule has 16 heavy (non-hydrogen) atoms. The van der Waals surface area contributed by atoms with Crippen LogP contribution in [0.15, 0.2) is 0 Å². The zero-order chi connectivity index (χ0) is 11.3. The summed E-state index contributed by atoms with van der Waals surface area (Å²) in [5.41, 5.74) is 0.574. The van der Waals surface area contributed by atoms with Crippen molar-refractivity contribution in [1.82, 2.24) is 5.32 Å². The summed E-state index contributed by atoms with van der Waals surface area (Å²) in [6, 6.07) is 0. The van der Waals surface area contributed by atoms with Crippen LogP contribution in [-0.4, -0.2) is 12.1 Å². The lowest BCUT2D eigenvalue weighted by atomic mass is 9.83. The quantitative estimate of drug-likeness (QED) is 0.663. The number of rotatable bonds is 6. The fraction of sp³-hybridized carbons (Fsp3) is 1.00. The first kappa shape index (κ1) is 12.4.